The van der Waals surface area contributed by atoms with E-state index in [4.69, 9.17) is 11.6 Å². The summed E-state index contributed by atoms with van der Waals surface area (Å²) in [5.74, 6) is 0. The van der Waals surface area contributed by atoms with E-state index in [-0.39, 0.29) is 17.0 Å². The zero-order chi connectivity index (χ0) is 18.7. The van der Waals surface area contributed by atoms with E-state index in [9.17, 15) is 8.42 Å². The Morgan fingerprint density at radius 2 is 1.62 bits per heavy atom. The SMILES string of the molecule is Cc1ccc(N[C@H]2CCCC[C@H]2NS(=O)(=O)c2ccc(Cl)cc2)c(C)c1. The first-order valence-electron chi connectivity index (χ1n) is 8.97. The molecule has 2 N–H and O–H groups in total. The van der Waals surface area contributed by atoms with Crippen molar-refractivity contribution in [3.8, 4) is 0 Å². The number of nitrogens with one attached hydrogen (secondary N) is 2. The van der Waals surface area contributed by atoms with Crippen molar-refractivity contribution in [2.45, 2.75) is 56.5 Å². The van der Waals surface area contributed by atoms with Crippen LogP contribution in [0.25, 0.3) is 0 Å². The first-order valence-corrected chi connectivity index (χ1v) is 10.8. The van der Waals surface area contributed by atoms with E-state index in [1.54, 1.807) is 24.3 Å². The van der Waals surface area contributed by atoms with Crippen molar-refractivity contribution in [1.82, 2.24) is 4.72 Å². The van der Waals surface area contributed by atoms with Crippen LogP contribution >= 0.6 is 11.6 Å². The average Bonchev–Trinajstić information content (AvgIpc) is 2.59. The van der Waals surface area contributed by atoms with Crippen LogP contribution < -0.4 is 10.0 Å². The number of anilines is 1. The predicted octanol–water partition coefficient (Wildman–Crippen LogP) is 4.66. The number of rotatable bonds is 5. The fourth-order valence-corrected chi connectivity index (χ4v) is 4.94. The van der Waals surface area contributed by atoms with E-state index in [0.29, 0.717) is 5.02 Å². The first kappa shape index (κ1) is 19.2. The highest BCUT2D eigenvalue weighted by Crippen LogP contribution is 2.26. The van der Waals surface area contributed by atoms with Gasteiger partial charge in [-0.3, -0.25) is 0 Å². The minimum Gasteiger partial charge on any atom is -0.380 e. The van der Waals surface area contributed by atoms with Crippen LogP contribution in [0.4, 0.5) is 5.69 Å². The normalized spacial score (nSPS) is 20.7. The van der Waals surface area contributed by atoms with E-state index in [1.807, 2.05) is 0 Å². The summed E-state index contributed by atoms with van der Waals surface area (Å²) in [6.45, 7) is 4.14. The number of aryl methyl sites for hydroxylation is 2. The van der Waals surface area contributed by atoms with Crippen molar-refractivity contribution in [1.29, 1.82) is 0 Å². The maximum Gasteiger partial charge on any atom is 0.240 e. The fourth-order valence-electron chi connectivity index (χ4n) is 3.50. The Labute approximate surface area is 161 Å². The molecule has 1 aliphatic carbocycles. The zero-order valence-corrected chi connectivity index (χ0v) is 16.7. The Morgan fingerprint density at radius 3 is 2.27 bits per heavy atom. The van der Waals surface area contributed by atoms with Crippen LogP contribution in [0.5, 0.6) is 0 Å². The molecule has 1 saturated carbocycles. The predicted molar refractivity (Wildman–Crippen MR) is 107 cm³/mol. The lowest BCUT2D eigenvalue weighted by atomic mass is 9.90. The maximum atomic E-state index is 12.7. The molecule has 0 saturated heterocycles. The molecule has 26 heavy (non-hydrogen) atoms. The average molecular weight is 393 g/mol. The lowest BCUT2D eigenvalue weighted by Gasteiger charge is -2.33. The third-order valence-electron chi connectivity index (χ3n) is 4.92. The van der Waals surface area contributed by atoms with Crippen LogP contribution in [0.15, 0.2) is 47.4 Å². The van der Waals surface area contributed by atoms with Crippen molar-refractivity contribution in [3.05, 3.63) is 58.6 Å². The quantitative estimate of drug-likeness (QED) is 0.778. The fraction of sp³-hybridized carbons (Fsp3) is 0.400. The number of hydrogen-bond donors (Lipinski definition) is 2. The molecule has 4 nitrogen and oxygen atoms in total. The number of halogens is 1. The molecule has 0 bridgehead atoms. The van der Waals surface area contributed by atoms with Crippen molar-refractivity contribution in [2.24, 2.45) is 0 Å². The summed E-state index contributed by atoms with van der Waals surface area (Å²) < 4.78 is 28.4. The summed E-state index contributed by atoms with van der Waals surface area (Å²) in [5, 5.41) is 4.09. The van der Waals surface area contributed by atoms with Gasteiger partial charge in [-0.25, -0.2) is 13.1 Å². The van der Waals surface area contributed by atoms with Crippen molar-refractivity contribution in [2.75, 3.05) is 5.32 Å². The summed E-state index contributed by atoms with van der Waals surface area (Å²) in [5.41, 5.74) is 3.46. The molecule has 0 aliphatic heterocycles. The van der Waals surface area contributed by atoms with Gasteiger partial charge in [-0.05, 0) is 62.6 Å². The smallest absolute Gasteiger partial charge is 0.240 e. The minimum atomic E-state index is -3.57. The van der Waals surface area contributed by atoms with Crippen LogP contribution in [0, 0.1) is 13.8 Å². The molecule has 0 unspecified atom stereocenters. The van der Waals surface area contributed by atoms with Crippen molar-refractivity contribution >= 4 is 27.3 Å². The molecule has 2 atom stereocenters. The van der Waals surface area contributed by atoms with Gasteiger partial charge in [-0.2, -0.15) is 0 Å². The van der Waals surface area contributed by atoms with Gasteiger partial charge in [-0.15, -0.1) is 0 Å². The van der Waals surface area contributed by atoms with Gasteiger partial charge in [0, 0.05) is 22.8 Å². The van der Waals surface area contributed by atoms with Gasteiger partial charge in [0.05, 0.1) is 4.90 Å². The highest BCUT2D eigenvalue weighted by Gasteiger charge is 2.29. The van der Waals surface area contributed by atoms with Gasteiger partial charge < -0.3 is 5.32 Å². The molecule has 0 radical (unpaired) electrons. The van der Waals surface area contributed by atoms with Crippen LogP contribution in [0.3, 0.4) is 0 Å². The summed E-state index contributed by atoms with van der Waals surface area (Å²) in [4.78, 5) is 0.248. The molecule has 6 heteroatoms. The maximum absolute atomic E-state index is 12.7. The van der Waals surface area contributed by atoms with Crippen molar-refractivity contribution in [3.63, 3.8) is 0 Å². The topological polar surface area (TPSA) is 58.2 Å². The second-order valence-electron chi connectivity index (χ2n) is 7.04. The Balaban J connectivity index is 1.77. The molecule has 1 aliphatic rings. The second kappa shape index (κ2) is 7.99. The van der Waals surface area contributed by atoms with E-state index in [1.165, 1.54) is 11.1 Å². The molecule has 2 aromatic carbocycles. The number of sulfonamides is 1. The third kappa shape index (κ3) is 4.58. The summed E-state index contributed by atoms with van der Waals surface area (Å²) >= 11 is 5.87. The highest BCUT2D eigenvalue weighted by atomic mass is 35.5. The zero-order valence-electron chi connectivity index (χ0n) is 15.1. The molecular weight excluding hydrogens is 368 g/mol. The number of benzene rings is 2. The van der Waals surface area contributed by atoms with Gasteiger partial charge in [0.15, 0.2) is 0 Å². The molecule has 0 heterocycles. The van der Waals surface area contributed by atoms with Gasteiger partial charge in [0.2, 0.25) is 10.0 Å². The van der Waals surface area contributed by atoms with Gasteiger partial charge in [0.25, 0.3) is 0 Å². The summed E-state index contributed by atoms with van der Waals surface area (Å²) in [6.07, 6.45) is 3.90. The minimum absolute atomic E-state index is 0.0761. The highest BCUT2D eigenvalue weighted by molar-refractivity contribution is 7.89. The van der Waals surface area contributed by atoms with Crippen LogP contribution in [0.2, 0.25) is 5.02 Å². The third-order valence-corrected chi connectivity index (χ3v) is 6.68. The van der Waals surface area contributed by atoms with Crippen molar-refractivity contribution < 1.29 is 8.42 Å². The van der Waals surface area contributed by atoms with Gasteiger partial charge in [-0.1, -0.05) is 42.1 Å². The molecule has 0 amide bonds. The largest absolute Gasteiger partial charge is 0.380 e. The van der Waals surface area contributed by atoms with E-state index < -0.39 is 10.0 Å². The second-order valence-corrected chi connectivity index (χ2v) is 9.19. The lowest BCUT2D eigenvalue weighted by Crippen LogP contribution is -2.48. The molecule has 0 aromatic heterocycles. The van der Waals surface area contributed by atoms with Gasteiger partial charge >= 0.3 is 0 Å². The molecule has 1 fully saturated rings. The standard InChI is InChI=1S/C20H25ClN2O2S/c1-14-7-12-18(15(2)13-14)22-19-5-3-4-6-20(19)23-26(24,25)17-10-8-16(21)9-11-17/h7-13,19-20,22-23H,3-6H2,1-2H3/t19-,20+/m0/s1. The molecule has 2 aromatic rings. The van der Waals surface area contributed by atoms with Crippen LogP contribution in [-0.4, -0.2) is 20.5 Å². The molecule has 0 spiro atoms. The Hall–Kier alpha value is -1.56. The van der Waals surface area contributed by atoms with E-state index >= 15 is 0 Å². The first-order chi connectivity index (χ1) is 12.3. The van der Waals surface area contributed by atoms with E-state index in [2.05, 4.69) is 42.1 Å². The molecule has 140 valence electrons. The molecule has 3 rings (SSSR count). The lowest BCUT2D eigenvalue weighted by molar-refractivity contribution is 0.378. The van der Waals surface area contributed by atoms with Crippen LogP contribution in [0.1, 0.15) is 36.8 Å². The summed E-state index contributed by atoms with van der Waals surface area (Å²) in [6, 6.07) is 12.5. The Morgan fingerprint density at radius 1 is 0.962 bits per heavy atom. The number of hydrogen-bond acceptors (Lipinski definition) is 3. The Kier molecular flexibility index (Phi) is 5.90. The monoisotopic (exact) mass is 392 g/mol. The van der Waals surface area contributed by atoms with E-state index in [0.717, 1.165) is 31.4 Å². The Bertz CT molecular complexity index is 866. The van der Waals surface area contributed by atoms with Gasteiger partial charge in [0.1, 0.15) is 0 Å². The molecular formula is C20H25ClN2O2S. The summed E-state index contributed by atoms with van der Waals surface area (Å²) in [7, 11) is -3.57. The van der Waals surface area contributed by atoms with Crippen LogP contribution in [-0.2, 0) is 10.0 Å².